The van der Waals surface area contributed by atoms with E-state index in [9.17, 15) is 4.79 Å². The number of rotatable bonds is 6. The van der Waals surface area contributed by atoms with Crippen molar-refractivity contribution in [1.29, 1.82) is 0 Å². The van der Waals surface area contributed by atoms with E-state index in [-0.39, 0.29) is 16.9 Å². The predicted octanol–water partition coefficient (Wildman–Crippen LogP) is 4.98. The van der Waals surface area contributed by atoms with Crippen LogP contribution in [-0.4, -0.2) is 20.7 Å². The molecule has 0 bridgehead atoms. The fraction of sp³-hybridized carbons (Fsp3) is 0.550. The Kier molecular flexibility index (Phi) is 6.05. The number of benzene rings is 1. The van der Waals surface area contributed by atoms with Gasteiger partial charge in [-0.15, -0.1) is 0 Å². The summed E-state index contributed by atoms with van der Waals surface area (Å²) < 4.78 is 6.44. The molecule has 0 unspecified atom stereocenters. The highest BCUT2D eigenvalue weighted by Crippen LogP contribution is 2.37. The van der Waals surface area contributed by atoms with Crippen LogP contribution >= 0.6 is 0 Å². The van der Waals surface area contributed by atoms with Crippen molar-refractivity contribution < 1.29 is 9.22 Å². The van der Waals surface area contributed by atoms with Crippen LogP contribution < -0.4 is 5.32 Å². The highest BCUT2D eigenvalue weighted by atomic mass is 28.4. The second-order valence-electron chi connectivity index (χ2n) is 8.17. The summed E-state index contributed by atoms with van der Waals surface area (Å²) in [7, 11) is -1.81. The van der Waals surface area contributed by atoms with Crippen LogP contribution in [0.25, 0.3) is 0 Å². The van der Waals surface area contributed by atoms with Gasteiger partial charge in [-0.3, -0.25) is 4.79 Å². The van der Waals surface area contributed by atoms with Crippen molar-refractivity contribution in [3.63, 3.8) is 0 Å². The third kappa shape index (κ3) is 5.05. The average Bonchev–Trinajstić information content (AvgIpc) is 2.51. The van der Waals surface area contributed by atoms with Crippen molar-refractivity contribution in [2.75, 3.05) is 6.61 Å². The Hall–Kier alpha value is -1.39. The van der Waals surface area contributed by atoms with Crippen molar-refractivity contribution in [2.24, 2.45) is 0 Å². The van der Waals surface area contributed by atoms with Crippen molar-refractivity contribution in [3.05, 3.63) is 47.7 Å². The summed E-state index contributed by atoms with van der Waals surface area (Å²) in [6.45, 7) is 12.0. The lowest BCUT2D eigenvalue weighted by atomic mass is 10.0. The molecule has 1 aromatic carbocycles. The molecular formula is C20H31NO2Si. The van der Waals surface area contributed by atoms with Gasteiger partial charge in [0.1, 0.15) is 0 Å². The topological polar surface area (TPSA) is 38.3 Å². The first kappa shape index (κ1) is 18.9. The van der Waals surface area contributed by atoms with Crippen molar-refractivity contribution in [3.8, 4) is 0 Å². The summed E-state index contributed by atoms with van der Waals surface area (Å²) in [6, 6.07) is 10.5. The number of hydrogen-bond acceptors (Lipinski definition) is 3. The minimum Gasteiger partial charge on any atom is -0.414 e. The molecule has 0 saturated heterocycles. The van der Waals surface area contributed by atoms with E-state index in [1.165, 1.54) is 5.56 Å². The molecule has 3 nitrogen and oxygen atoms in total. The second kappa shape index (κ2) is 7.66. The Morgan fingerprint density at radius 1 is 1.17 bits per heavy atom. The van der Waals surface area contributed by atoms with Crippen molar-refractivity contribution >= 4 is 14.1 Å². The molecule has 0 aromatic heterocycles. The van der Waals surface area contributed by atoms with Crippen LogP contribution in [-0.2, 0) is 9.22 Å². The highest BCUT2D eigenvalue weighted by Gasteiger charge is 2.37. The molecule has 0 saturated carbocycles. The van der Waals surface area contributed by atoms with Crippen LogP contribution in [0.3, 0.4) is 0 Å². The molecule has 24 heavy (non-hydrogen) atoms. The van der Waals surface area contributed by atoms with Crippen LogP contribution in [0.1, 0.15) is 51.6 Å². The van der Waals surface area contributed by atoms with Gasteiger partial charge in [0, 0.05) is 18.2 Å². The fourth-order valence-corrected chi connectivity index (χ4v) is 3.56. The highest BCUT2D eigenvalue weighted by molar-refractivity contribution is 6.74. The molecule has 1 aromatic rings. The Balaban J connectivity index is 2.14. The predicted molar refractivity (Wildman–Crippen MR) is 102 cm³/mol. The Bertz CT molecular complexity index is 587. The SMILES string of the molecule is CC(C)(C)[Si](C)(C)OC[C@H](NC1=CC(=O)CCC1)c1ccccc1. The van der Waals surface area contributed by atoms with Gasteiger partial charge >= 0.3 is 0 Å². The van der Waals surface area contributed by atoms with Gasteiger partial charge in [-0.2, -0.15) is 0 Å². The quantitative estimate of drug-likeness (QED) is 0.739. The van der Waals surface area contributed by atoms with Gasteiger partial charge in [0.05, 0.1) is 12.6 Å². The molecule has 0 heterocycles. The largest absolute Gasteiger partial charge is 0.414 e. The zero-order valence-corrected chi connectivity index (χ0v) is 16.7. The zero-order chi connectivity index (χ0) is 17.8. The fourth-order valence-electron chi connectivity index (χ4n) is 2.54. The molecule has 0 fully saturated rings. The minimum absolute atomic E-state index is 0.0810. The summed E-state index contributed by atoms with van der Waals surface area (Å²) in [5.74, 6) is 0.223. The summed E-state index contributed by atoms with van der Waals surface area (Å²) in [5.41, 5.74) is 2.24. The molecule has 1 N–H and O–H groups in total. The first-order valence-corrected chi connectivity index (χ1v) is 11.8. The second-order valence-corrected chi connectivity index (χ2v) is 13.0. The first-order chi connectivity index (χ1) is 11.2. The molecule has 2 rings (SSSR count). The van der Waals surface area contributed by atoms with E-state index in [0.29, 0.717) is 13.0 Å². The molecule has 1 aliphatic carbocycles. The number of hydrogen-bond donors (Lipinski definition) is 1. The maximum Gasteiger partial charge on any atom is 0.192 e. The lowest BCUT2D eigenvalue weighted by molar-refractivity contribution is -0.115. The lowest BCUT2D eigenvalue weighted by Crippen LogP contribution is -2.43. The minimum atomic E-state index is -1.81. The standard InChI is InChI=1S/C20H31NO2Si/c1-20(2,3)24(4,5)23-15-19(16-10-7-6-8-11-16)21-17-12-9-13-18(22)14-17/h6-8,10-11,14,19,21H,9,12-13,15H2,1-5H3/t19-/m0/s1. The van der Waals surface area contributed by atoms with E-state index in [1.807, 2.05) is 6.07 Å². The third-order valence-electron chi connectivity index (χ3n) is 5.18. The zero-order valence-electron chi connectivity index (χ0n) is 15.7. The summed E-state index contributed by atoms with van der Waals surface area (Å²) in [6.07, 6.45) is 4.31. The van der Waals surface area contributed by atoms with Crippen molar-refractivity contribution in [1.82, 2.24) is 5.32 Å². The molecule has 0 amide bonds. The van der Waals surface area contributed by atoms with Gasteiger partial charge in [-0.05, 0) is 36.5 Å². The van der Waals surface area contributed by atoms with Gasteiger partial charge in [0.2, 0.25) is 0 Å². The summed E-state index contributed by atoms with van der Waals surface area (Å²) >= 11 is 0. The van der Waals surface area contributed by atoms with Crippen LogP contribution in [0.5, 0.6) is 0 Å². The first-order valence-electron chi connectivity index (χ1n) is 8.88. The van der Waals surface area contributed by atoms with Crippen molar-refractivity contribution in [2.45, 2.75) is 64.2 Å². The molecule has 0 aliphatic heterocycles. The Labute approximate surface area is 147 Å². The molecule has 0 radical (unpaired) electrons. The average molecular weight is 346 g/mol. The molecule has 1 aliphatic rings. The van der Waals surface area contributed by atoms with E-state index in [1.54, 1.807) is 6.08 Å². The molecular weight excluding hydrogens is 314 g/mol. The van der Waals surface area contributed by atoms with Crippen LogP contribution in [0.2, 0.25) is 18.1 Å². The van der Waals surface area contributed by atoms with Gasteiger partial charge in [0.15, 0.2) is 14.1 Å². The number of carbonyl (C=O) groups is 1. The van der Waals surface area contributed by atoms with Gasteiger partial charge < -0.3 is 9.74 Å². The third-order valence-corrected chi connectivity index (χ3v) is 9.68. The smallest absolute Gasteiger partial charge is 0.192 e. The van der Waals surface area contributed by atoms with E-state index in [2.05, 4.69) is 63.4 Å². The molecule has 0 spiro atoms. The maximum atomic E-state index is 11.7. The van der Waals surface area contributed by atoms with Crippen LogP contribution in [0.4, 0.5) is 0 Å². The Morgan fingerprint density at radius 3 is 2.42 bits per heavy atom. The van der Waals surface area contributed by atoms with E-state index < -0.39 is 8.32 Å². The molecule has 4 heteroatoms. The Morgan fingerprint density at radius 2 is 1.83 bits per heavy atom. The van der Waals surface area contributed by atoms with Gasteiger partial charge in [0.25, 0.3) is 0 Å². The number of nitrogens with one attached hydrogen (secondary N) is 1. The lowest BCUT2D eigenvalue weighted by Gasteiger charge is -2.37. The summed E-state index contributed by atoms with van der Waals surface area (Å²) in [5, 5.41) is 3.75. The molecule has 132 valence electrons. The van der Waals surface area contributed by atoms with E-state index in [4.69, 9.17) is 4.43 Å². The maximum absolute atomic E-state index is 11.7. The van der Waals surface area contributed by atoms with Crippen LogP contribution in [0.15, 0.2) is 42.1 Å². The monoisotopic (exact) mass is 345 g/mol. The van der Waals surface area contributed by atoms with Gasteiger partial charge in [-0.1, -0.05) is 51.1 Å². The molecule has 1 atom stereocenters. The number of carbonyl (C=O) groups excluding carboxylic acids is 1. The number of ketones is 1. The number of allylic oxidation sites excluding steroid dienone is 2. The van der Waals surface area contributed by atoms with E-state index >= 15 is 0 Å². The normalized spacial score (nSPS) is 17.4. The summed E-state index contributed by atoms with van der Waals surface area (Å²) in [4.78, 5) is 11.7. The van der Waals surface area contributed by atoms with Gasteiger partial charge in [-0.25, -0.2) is 0 Å². The van der Waals surface area contributed by atoms with Crippen LogP contribution in [0, 0.1) is 0 Å². The van der Waals surface area contributed by atoms with E-state index in [0.717, 1.165) is 18.5 Å².